The molecule has 0 spiro atoms. The quantitative estimate of drug-likeness (QED) is 0.573. The topological polar surface area (TPSA) is 86.7 Å². The van der Waals surface area contributed by atoms with Crippen molar-refractivity contribution >= 4 is 0 Å². The third kappa shape index (κ3) is 1.33. The molecule has 5 N–H and O–H groups in total. The summed E-state index contributed by atoms with van der Waals surface area (Å²) in [7, 11) is 0. The number of rotatable bonds is 2. The average Bonchev–Trinajstić information content (AvgIpc) is 2.94. The summed E-state index contributed by atoms with van der Waals surface area (Å²) in [6.07, 6.45) is 1.77. The number of nitrogens with two attached hydrogens (primary N) is 1. The van der Waals surface area contributed by atoms with Crippen LogP contribution in [0.15, 0.2) is 12.1 Å². The van der Waals surface area contributed by atoms with Crippen molar-refractivity contribution in [1.29, 1.82) is 0 Å². The third-order valence-electron chi connectivity index (χ3n) is 3.63. The van der Waals surface area contributed by atoms with E-state index in [-0.39, 0.29) is 16.9 Å². The van der Waals surface area contributed by atoms with Crippen LogP contribution in [0.25, 0.3) is 0 Å². The lowest BCUT2D eigenvalue weighted by molar-refractivity contribution is 0.342. The molecule has 1 aromatic carbocycles. The predicted octanol–water partition coefficient (Wildman–Crippen LogP) is 1.57. The van der Waals surface area contributed by atoms with Gasteiger partial charge in [-0.3, -0.25) is 0 Å². The molecular formula is C12H17NO3. The maximum Gasteiger partial charge on any atom is 0.200 e. The van der Waals surface area contributed by atoms with Crippen LogP contribution in [0.5, 0.6) is 17.2 Å². The van der Waals surface area contributed by atoms with Crippen LogP contribution in [0.4, 0.5) is 0 Å². The lowest BCUT2D eigenvalue weighted by atomic mass is 9.78. The summed E-state index contributed by atoms with van der Waals surface area (Å²) >= 11 is 0. The maximum atomic E-state index is 9.85. The first kappa shape index (κ1) is 11.1. The largest absolute Gasteiger partial charge is 0.504 e. The minimum Gasteiger partial charge on any atom is -0.504 e. The van der Waals surface area contributed by atoms with Gasteiger partial charge in [0.15, 0.2) is 11.5 Å². The highest BCUT2D eigenvalue weighted by molar-refractivity contribution is 5.58. The second-order valence-electron chi connectivity index (χ2n) is 5.13. The van der Waals surface area contributed by atoms with E-state index in [0.717, 1.165) is 12.8 Å². The Morgan fingerprint density at radius 3 is 2.12 bits per heavy atom. The van der Waals surface area contributed by atoms with Gasteiger partial charge in [0.05, 0.1) is 0 Å². The van der Waals surface area contributed by atoms with Gasteiger partial charge in [-0.15, -0.1) is 0 Å². The van der Waals surface area contributed by atoms with Crippen molar-refractivity contribution in [3.8, 4) is 17.2 Å². The highest BCUT2D eigenvalue weighted by Gasteiger charge is 2.55. The zero-order valence-corrected chi connectivity index (χ0v) is 9.49. The fourth-order valence-electron chi connectivity index (χ4n) is 2.34. The van der Waals surface area contributed by atoms with E-state index in [9.17, 15) is 15.3 Å². The van der Waals surface area contributed by atoms with Crippen LogP contribution in [0.1, 0.15) is 32.3 Å². The lowest BCUT2D eigenvalue weighted by Crippen LogP contribution is -2.45. The fraction of sp³-hybridized carbons (Fsp3) is 0.500. The standard InChI is InChI=1S/C12H17NO3/c1-11(2,13)12(5-6-12)7-3-4-8(14)10(16)9(7)15/h3-4,14-16H,5-6,13H2,1-2H3. The second-order valence-corrected chi connectivity index (χ2v) is 5.13. The van der Waals surface area contributed by atoms with Crippen molar-refractivity contribution in [3.05, 3.63) is 17.7 Å². The number of phenolic OH excluding ortho intramolecular Hbond substituents is 3. The van der Waals surface area contributed by atoms with E-state index in [1.807, 2.05) is 13.8 Å². The minimum absolute atomic E-state index is 0.254. The molecule has 0 unspecified atom stereocenters. The summed E-state index contributed by atoms with van der Waals surface area (Å²) in [5.74, 6) is -1.03. The molecule has 0 aromatic heterocycles. The molecule has 0 amide bonds. The molecule has 1 aromatic rings. The molecule has 0 radical (unpaired) electrons. The first-order valence-corrected chi connectivity index (χ1v) is 5.33. The molecule has 0 bridgehead atoms. The Bertz CT molecular complexity index is 431. The molecule has 1 aliphatic carbocycles. The summed E-state index contributed by atoms with van der Waals surface area (Å²) < 4.78 is 0. The maximum absolute atomic E-state index is 9.85. The average molecular weight is 223 g/mol. The van der Waals surface area contributed by atoms with E-state index >= 15 is 0 Å². The molecule has 4 heteroatoms. The molecule has 88 valence electrons. The van der Waals surface area contributed by atoms with E-state index < -0.39 is 11.3 Å². The summed E-state index contributed by atoms with van der Waals surface area (Å²) in [5, 5.41) is 28.6. The Hall–Kier alpha value is -1.42. The first-order valence-electron chi connectivity index (χ1n) is 5.33. The Kier molecular flexibility index (Phi) is 2.11. The molecule has 1 aliphatic rings. The molecule has 0 atom stereocenters. The van der Waals surface area contributed by atoms with Crippen molar-refractivity contribution in [1.82, 2.24) is 0 Å². The Balaban J connectivity index is 2.55. The van der Waals surface area contributed by atoms with E-state index in [2.05, 4.69) is 0 Å². The lowest BCUT2D eigenvalue weighted by Gasteiger charge is -2.31. The zero-order valence-electron chi connectivity index (χ0n) is 9.49. The normalized spacial score (nSPS) is 18.4. The number of benzene rings is 1. The van der Waals surface area contributed by atoms with Crippen molar-refractivity contribution in [2.24, 2.45) is 5.73 Å². The smallest absolute Gasteiger partial charge is 0.200 e. The van der Waals surface area contributed by atoms with Crippen LogP contribution >= 0.6 is 0 Å². The number of hydrogen-bond acceptors (Lipinski definition) is 4. The molecule has 0 heterocycles. The number of phenols is 3. The predicted molar refractivity (Wildman–Crippen MR) is 60.6 cm³/mol. The molecule has 16 heavy (non-hydrogen) atoms. The fourth-order valence-corrected chi connectivity index (χ4v) is 2.34. The van der Waals surface area contributed by atoms with Gasteiger partial charge in [-0.2, -0.15) is 0 Å². The number of aromatic hydroxyl groups is 3. The van der Waals surface area contributed by atoms with Gasteiger partial charge in [0.2, 0.25) is 5.75 Å². The first-order chi connectivity index (χ1) is 7.29. The van der Waals surface area contributed by atoms with E-state index in [4.69, 9.17) is 5.73 Å². The van der Waals surface area contributed by atoms with Crippen molar-refractivity contribution in [2.75, 3.05) is 0 Å². The van der Waals surface area contributed by atoms with Crippen LogP contribution in [0.3, 0.4) is 0 Å². The molecule has 4 nitrogen and oxygen atoms in total. The second kappa shape index (κ2) is 3.04. The van der Waals surface area contributed by atoms with Crippen molar-refractivity contribution < 1.29 is 15.3 Å². The van der Waals surface area contributed by atoms with Gasteiger partial charge >= 0.3 is 0 Å². The summed E-state index contributed by atoms with van der Waals surface area (Å²) in [4.78, 5) is 0. The van der Waals surface area contributed by atoms with E-state index in [0.29, 0.717) is 5.56 Å². The summed E-state index contributed by atoms with van der Waals surface area (Å²) in [6, 6.07) is 3.02. The summed E-state index contributed by atoms with van der Waals surface area (Å²) in [6.45, 7) is 3.81. The van der Waals surface area contributed by atoms with Gasteiger partial charge in [-0.05, 0) is 32.8 Å². The van der Waals surface area contributed by atoms with Gasteiger partial charge in [-0.25, -0.2) is 0 Å². The highest BCUT2D eigenvalue weighted by Crippen LogP contribution is 2.58. The Morgan fingerprint density at radius 1 is 1.12 bits per heavy atom. The van der Waals surface area contributed by atoms with Crippen molar-refractivity contribution in [3.63, 3.8) is 0 Å². The van der Waals surface area contributed by atoms with Gasteiger partial charge < -0.3 is 21.1 Å². The molecule has 0 aliphatic heterocycles. The third-order valence-corrected chi connectivity index (χ3v) is 3.63. The van der Waals surface area contributed by atoms with Gasteiger partial charge in [0, 0.05) is 16.5 Å². The monoisotopic (exact) mass is 223 g/mol. The molecule has 1 saturated carbocycles. The summed E-state index contributed by atoms with van der Waals surface area (Å²) in [5.41, 5.74) is 5.98. The van der Waals surface area contributed by atoms with Crippen LogP contribution in [-0.4, -0.2) is 20.9 Å². The molecule has 0 saturated heterocycles. The number of hydrogen-bond donors (Lipinski definition) is 4. The van der Waals surface area contributed by atoms with Crippen LogP contribution in [-0.2, 0) is 5.41 Å². The van der Waals surface area contributed by atoms with Gasteiger partial charge in [0.1, 0.15) is 0 Å². The highest BCUT2D eigenvalue weighted by atomic mass is 16.3. The van der Waals surface area contributed by atoms with Crippen molar-refractivity contribution in [2.45, 2.75) is 37.6 Å². The van der Waals surface area contributed by atoms with Crippen LogP contribution < -0.4 is 5.73 Å². The SMILES string of the molecule is CC(C)(N)C1(c2ccc(O)c(O)c2O)CC1. The minimum atomic E-state index is -0.465. The van der Waals surface area contributed by atoms with E-state index in [1.54, 1.807) is 6.07 Å². The Labute approximate surface area is 94.3 Å². The van der Waals surface area contributed by atoms with Gasteiger partial charge in [0.25, 0.3) is 0 Å². The van der Waals surface area contributed by atoms with Crippen LogP contribution in [0.2, 0.25) is 0 Å². The molecular weight excluding hydrogens is 206 g/mol. The van der Waals surface area contributed by atoms with E-state index in [1.165, 1.54) is 6.07 Å². The zero-order chi connectivity index (χ0) is 12.1. The Morgan fingerprint density at radius 2 is 1.69 bits per heavy atom. The molecule has 1 fully saturated rings. The van der Waals surface area contributed by atoms with Gasteiger partial charge in [-0.1, -0.05) is 6.07 Å². The van der Waals surface area contributed by atoms with Crippen LogP contribution in [0, 0.1) is 0 Å². The molecule has 2 rings (SSSR count).